The van der Waals surface area contributed by atoms with Gasteiger partial charge in [-0.1, -0.05) is 23.2 Å². The predicted molar refractivity (Wildman–Crippen MR) is 91.2 cm³/mol. The summed E-state index contributed by atoms with van der Waals surface area (Å²) in [4.78, 5) is 0. The highest BCUT2D eigenvalue weighted by molar-refractivity contribution is 6.36. The van der Waals surface area contributed by atoms with E-state index in [2.05, 4.69) is 25.1 Å². The molecule has 4 N–H and O–H groups in total. The van der Waals surface area contributed by atoms with E-state index in [9.17, 15) is 0 Å². The second-order valence-electron chi connectivity index (χ2n) is 4.55. The monoisotopic (exact) mass is 364 g/mol. The van der Waals surface area contributed by atoms with Crippen LogP contribution >= 0.6 is 23.2 Å². The number of rotatable bonds is 4. The number of halogens is 2. The molecule has 0 saturated heterocycles. The Morgan fingerprint density at radius 2 is 2.00 bits per heavy atom. The number of nitrogens with zero attached hydrogens (tertiary/aromatic N) is 4. The van der Waals surface area contributed by atoms with Gasteiger partial charge in [-0.3, -0.25) is 0 Å². The van der Waals surface area contributed by atoms with Crippen LogP contribution in [0.4, 0.5) is 5.82 Å². The number of anilines is 1. The summed E-state index contributed by atoms with van der Waals surface area (Å²) in [6.45, 7) is 0. The Morgan fingerprint density at radius 1 is 1.17 bits per heavy atom. The van der Waals surface area contributed by atoms with E-state index in [0.29, 0.717) is 27.1 Å². The molecule has 0 aliphatic heterocycles. The highest BCUT2D eigenvalue weighted by atomic mass is 35.5. The quantitative estimate of drug-likeness (QED) is 0.415. The number of aromatic nitrogens is 2. The third-order valence-corrected chi connectivity index (χ3v) is 3.48. The molecule has 24 heavy (non-hydrogen) atoms. The molecule has 2 aromatic heterocycles. The molecule has 0 atom stereocenters. The zero-order chi connectivity index (χ0) is 17.1. The zero-order valence-electron chi connectivity index (χ0n) is 12.0. The molecule has 0 radical (unpaired) electrons. The summed E-state index contributed by atoms with van der Waals surface area (Å²) in [7, 11) is 0. The molecule has 0 unspecified atom stereocenters. The molecule has 0 aliphatic rings. The highest BCUT2D eigenvalue weighted by Crippen LogP contribution is 2.31. The Balaban J connectivity index is 1.78. The molecule has 3 aromatic rings. The van der Waals surface area contributed by atoms with E-state index in [0.717, 1.165) is 0 Å². The predicted octanol–water partition coefficient (Wildman–Crippen LogP) is 2.96. The summed E-state index contributed by atoms with van der Waals surface area (Å²) in [6, 6.07) is 8.59. The van der Waals surface area contributed by atoms with Gasteiger partial charge in [0.25, 0.3) is 0 Å². The van der Waals surface area contributed by atoms with Crippen LogP contribution in [0.5, 0.6) is 0 Å². The first kappa shape index (κ1) is 16.0. The van der Waals surface area contributed by atoms with Gasteiger partial charge in [0.15, 0.2) is 17.3 Å². The standard InChI is InChI=1S/C14H10Cl2N6O2/c15-7-1-3-9(10(16)5-7)11-4-2-8(23-11)6-19-20-13(17)12-14(18)22-24-21-12/h1-6H,(H2,17,20)(H2,18,22). The van der Waals surface area contributed by atoms with E-state index >= 15 is 0 Å². The van der Waals surface area contributed by atoms with E-state index in [1.165, 1.54) is 6.21 Å². The first-order valence-electron chi connectivity index (χ1n) is 6.55. The molecule has 0 saturated carbocycles. The second kappa shape index (κ2) is 6.73. The van der Waals surface area contributed by atoms with Gasteiger partial charge in [-0.25, -0.2) is 4.63 Å². The highest BCUT2D eigenvalue weighted by Gasteiger charge is 2.10. The molecule has 2 heterocycles. The van der Waals surface area contributed by atoms with E-state index < -0.39 is 0 Å². The van der Waals surface area contributed by atoms with Crippen LogP contribution in [-0.2, 0) is 0 Å². The van der Waals surface area contributed by atoms with E-state index in [1.807, 2.05) is 0 Å². The SMILES string of the molecule is NC(=NN=Cc1ccc(-c2ccc(Cl)cc2Cl)o1)c1nonc1N. The molecule has 0 aliphatic carbocycles. The Hall–Kier alpha value is -2.84. The fourth-order valence-corrected chi connectivity index (χ4v) is 2.33. The number of furan rings is 1. The van der Waals surface area contributed by atoms with Crippen LogP contribution < -0.4 is 11.5 Å². The normalized spacial score (nSPS) is 12.2. The van der Waals surface area contributed by atoms with Crippen molar-refractivity contribution >= 4 is 41.1 Å². The number of amidine groups is 1. The van der Waals surface area contributed by atoms with Crippen LogP contribution in [0, 0.1) is 0 Å². The van der Waals surface area contributed by atoms with E-state index in [4.69, 9.17) is 39.1 Å². The Morgan fingerprint density at radius 3 is 2.71 bits per heavy atom. The van der Waals surface area contributed by atoms with Crippen LogP contribution in [0.25, 0.3) is 11.3 Å². The van der Waals surface area contributed by atoms with Crippen molar-refractivity contribution in [3.63, 3.8) is 0 Å². The third kappa shape index (κ3) is 3.39. The molecule has 1 aromatic carbocycles. The second-order valence-corrected chi connectivity index (χ2v) is 5.40. The number of hydrogen-bond acceptors (Lipinski definition) is 7. The summed E-state index contributed by atoms with van der Waals surface area (Å²) < 4.78 is 10.1. The third-order valence-electron chi connectivity index (χ3n) is 2.93. The van der Waals surface area contributed by atoms with Crippen LogP contribution in [0.1, 0.15) is 11.5 Å². The molecule has 0 spiro atoms. The van der Waals surface area contributed by atoms with E-state index in [-0.39, 0.29) is 17.3 Å². The summed E-state index contributed by atoms with van der Waals surface area (Å²) in [5.41, 5.74) is 12.0. The largest absolute Gasteiger partial charge is 0.455 e. The summed E-state index contributed by atoms with van der Waals surface area (Å²) in [5.74, 6) is 1.03. The van der Waals surface area contributed by atoms with Crippen LogP contribution in [0.3, 0.4) is 0 Å². The van der Waals surface area contributed by atoms with Gasteiger partial charge in [-0.05, 0) is 40.6 Å². The van der Waals surface area contributed by atoms with Crippen molar-refractivity contribution < 1.29 is 9.05 Å². The number of benzene rings is 1. The Bertz CT molecular complexity index is 931. The van der Waals surface area contributed by atoms with Gasteiger partial charge in [0.2, 0.25) is 0 Å². The molecule has 0 fully saturated rings. The molecule has 10 heteroatoms. The summed E-state index contributed by atoms with van der Waals surface area (Å²) in [6.07, 6.45) is 1.38. The van der Waals surface area contributed by atoms with Gasteiger partial charge in [-0.2, -0.15) is 5.10 Å². The average molecular weight is 365 g/mol. The van der Waals surface area contributed by atoms with Gasteiger partial charge in [0.1, 0.15) is 11.5 Å². The van der Waals surface area contributed by atoms with E-state index in [1.54, 1.807) is 30.3 Å². The maximum Gasteiger partial charge on any atom is 0.199 e. The molecule has 0 amide bonds. The molecular formula is C14H10Cl2N6O2. The molecular weight excluding hydrogens is 355 g/mol. The van der Waals surface area contributed by atoms with Crippen molar-refractivity contribution in [2.75, 3.05) is 5.73 Å². The van der Waals surface area contributed by atoms with Crippen molar-refractivity contribution in [2.45, 2.75) is 0 Å². The lowest BCUT2D eigenvalue weighted by molar-refractivity contribution is 0.308. The first-order chi connectivity index (χ1) is 11.5. The van der Waals surface area contributed by atoms with Crippen molar-refractivity contribution in [3.8, 4) is 11.3 Å². The lowest BCUT2D eigenvalue weighted by Crippen LogP contribution is -2.15. The van der Waals surface area contributed by atoms with Crippen molar-refractivity contribution in [1.82, 2.24) is 10.3 Å². The number of hydrogen-bond donors (Lipinski definition) is 2. The van der Waals surface area contributed by atoms with Gasteiger partial charge in [0.05, 0.1) is 11.2 Å². The van der Waals surface area contributed by atoms with Crippen LogP contribution in [-0.4, -0.2) is 22.4 Å². The van der Waals surface area contributed by atoms with Crippen molar-refractivity contribution in [1.29, 1.82) is 0 Å². The number of nitrogen functional groups attached to an aromatic ring is 1. The number of nitrogens with two attached hydrogens (primary N) is 2. The summed E-state index contributed by atoms with van der Waals surface area (Å²) in [5, 5.41) is 15.5. The summed E-state index contributed by atoms with van der Waals surface area (Å²) >= 11 is 12.0. The van der Waals surface area contributed by atoms with Crippen molar-refractivity contribution in [3.05, 3.63) is 51.8 Å². The molecule has 3 rings (SSSR count). The molecule has 122 valence electrons. The van der Waals surface area contributed by atoms with Crippen LogP contribution in [0.2, 0.25) is 10.0 Å². The average Bonchev–Trinajstić information content (AvgIpc) is 3.16. The maximum absolute atomic E-state index is 6.14. The van der Waals surface area contributed by atoms with Gasteiger partial charge < -0.3 is 15.9 Å². The minimum absolute atomic E-state index is 0.0301. The van der Waals surface area contributed by atoms with Gasteiger partial charge in [0, 0.05) is 10.6 Å². The smallest absolute Gasteiger partial charge is 0.199 e. The molecule has 8 nitrogen and oxygen atoms in total. The lowest BCUT2D eigenvalue weighted by atomic mass is 10.2. The van der Waals surface area contributed by atoms with Gasteiger partial charge in [-0.15, -0.1) is 5.10 Å². The fourth-order valence-electron chi connectivity index (χ4n) is 1.82. The Kier molecular flexibility index (Phi) is 4.50. The minimum Gasteiger partial charge on any atom is -0.455 e. The zero-order valence-corrected chi connectivity index (χ0v) is 13.5. The fraction of sp³-hybridized carbons (Fsp3) is 0. The van der Waals surface area contributed by atoms with Crippen LogP contribution in [0.15, 0.2) is 49.6 Å². The minimum atomic E-state index is -0.0301. The van der Waals surface area contributed by atoms with Crippen molar-refractivity contribution in [2.24, 2.45) is 15.9 Å². The topological polar surface area (TPSA) is 129 Å². The molecule has 0 bridgehead atoms. The first-order valence-corrected chi connectivity index (χ1v) is 7.30. The van der Waals surface area contributed by atoms with Gasteiger partial charge >= 0.3 is 0 Å². The Labute approximate surface area is 145 Å². The maximum atomic E-state index is 6.14. The lowest BCUT2D eigenvalue weighted by Gasteiger charge is -2.00.